The van der Waals surface area contributed by atoms with E-state index in [1.54, 1.807) is 18.2 Å². The van der Waals surface area contributed by atoms with Crippen LogP contribution in [0.3, 0.4) is 0 Å². The molecule has 0 radical (unpaired) electrons. The number of halogens is 4. The Morgan fingerprint density at radius 1 is 0.973 bits per heavy atom. The van der Waals surface area contributed by atoms with Crippen molar-refractivity contribution in [3.8, 4) is 0 Å². The van der Waals surface area contributed by atoms with Gasteiger partial charge < -0.3 is 10.2 Å². The van der Waals surface area contributed by atoms with Crippen LogP contribution in [0.25, 0.3) is 0 Å². The van der Waals surface area contributed by atoms with Crippen molar-refractivity contribution in [3.63, 3.8) is 0 Å². The molecule has 196 valence electrons. The number of amides is 2. The second-order valence-electron chi connectivity index (χ2n) is 7.97. The lowest BCUT2D eigenvalue weighted by Crippen LogP contribution is -2.50. The fraction of sp³-hybridized carbons (Fsp3) is 0.200. The van der Waals surface area contributed by atoms with Gasteiger partial charge in [0.25, 0.3) is 10.0 Å². The Hall–Kier alpha value is -2.85. The van der Waals surface area contributed by atoms with Gasteiger partial charge in [0.15, 0.2) is 0 Å². The summed E-state index contributed by atoms with van der Waals surface area (Å²) < 4.78 is 41.9. The van der Waals surface area contributed by atoms with Gasteiger partial charge in [-0.2, -0.15) is 0 Å². The van der Waals surface area contributed by atoms with Crippen LogP contribution in [0, 0.1) is 5.82 Å². The van der Waals surface area contributed by atoms with Gasteiger partial charge in [-0.15, -0.1) is 0 Å². The van der Waals surface area contributed by atoms with E-state index >= 15 is 0 Å². The number of sulfonamides is 1. The summed E-state index contributed by atoms with van der Waals surface area (Å²) in [7, 11) is -2.87. The Kier molecular flexibility index (Phi) is 9.41. The molecule has 0 aliphatic heterocycles. The molecule has 1 N–H and O–H groups in total. The van der Waals surface area contributed by atoms with Crippen LogP contribution in [0.15, 0.2) is 71.6 Å². The number of carbonyl (C=O) groups excluding carboxylic acids is 2. The number of nitrogens with one attached hydrogen (secondary N) is 1. The van der Waals surface area contributed by atoms with E-state index in [9.17, 15) is 22.4 Å². The number of hydrogen-bond donors (Lipinski definition) is 1. The Bertz CT molecular complexity index is 1410. The Morgan fingerprint density at radius 3 is 2.24 bits per heavy atom. The number of likely N-dealkylation sites (N-methyl/N-ethyl adjacent to an activating group) is 1. The number of rotatable bonds is 9. The molecule has 0 spiro atoms. The summed E-state index contributed by atoms with van der Waals surface area (Å²) in [4.78, 5) is 27.3. The van der Waals surface area contributed by atoms with Crippen molar-refractivity contribution in [1.82, 2.24) is 10.2 Å². The monoisotopic (exact) mass is 585 g/mol. The Balaban J connectivity index is 2.06. The molecule has 0 aliphatic carbocycles. The smallest absolute Gasteiger partial charge is 0.264 e. The molecule has 1 unspecified atom stereocenters. The molecule has 0 heterocycles. The number of benzene rings is 3. The maximum atomic E-state index is 13.9. The lowest BCUT2D eigenvalue weighted by molar-refractivity contribution is -0.139. The molecule has 2 amide bonds. The first-order valence-electron chi connectivity index (χ1n) is 10.9. The van der Waals surface area contributed by atoms with Crippen LogP contribution >= 0.6 is 34.8 Å². The van der Waals surface area contributed by atoms with Crippen LogP contribution in [-0.4, -0.2) is 44.8 Å². The van der Waals surface area contributed by atoms with Gasteiger partial charge in [0.2, 0.25) is 11.8 Å². The largest absolute Gasteiger partial charge is 0.357 e. The Morgan fingerprint density at radius 2 is 1.65 bits per heavy atom. The first kappa shape index (κ1) is 28.7. The highest BCUT2D eigenvalue weighted by Gasteiger charge is 2.32. The molecular formula is C25H23Cl3FN3O4S. The summed E-state index contributed by atoms with van der Waals surface area (Å²) in [6, 6.07) is 14.5. The predicted molar refractivity (Wildman–Crippen MR) is 143 cm³/mol. The number of hydrogen-bond acceptors (Lipinski definition) is 4. The van der Waals surface area contributed by atoms with E-state index in [-0.39, 0.29) is 27.2 Å². The van der Waals surface area contributed by atoms with Crippen LogP contribution in [-0.2, 0) is 26.2 Å². The maximum absolute atomic E-state index is 13.9. The van der Waals surface area contributed by atoms with Crippen LogP contribution in [0.4, 0.5) is 10.1 Å². The molecule has 0 saturated heterocycles. The minimum absolute atomic E-state index is 0.0272. The van der Waals surface area contributed by atoms with E-state index in [2.05, 4.69) is 5.32 Å². The zero-order valence-corrected chi connectivity index (χ0v) is 22.9. The quantitative estimate of drug-likeness (QED) is 0.376. The average Bonchev–Trinajstić information content (AvgIpc) is 2.88. The summed E-state index contributed by atoms with van der Waals surface area (Å²) in [5.74, 6) is -1.93. The van der Waals surface area contributed by atoms with Gasteiger partial charge in [-0.3, -0.25) is 13.9 Å². The molecule has 12 heteroatoms. The van der Waals surface area contributed by atoms with Gasteiger partial charge in [-0.05, 0) is 55.0 Å². The molecule has 0 aliphatic rings. The fourth-order valence-corrected chi connectivity index (χ4v) is 5.58. The third-order valence-corrected chi connectivity index (χ3v) is 8.24. The molecule has 0 fully saturated rings. The molecule has 1 atom stereocenters. The molecule has 7 nitrogen and oxygen atoms in total. The highest BCUT2D eigenvalue weighted by Crippen LogP contribution is 2.29. The summed E-state index contributed by atoms with van der Waals surface area (Å²) in [6.45, 7) is 0.698. The highest BCUT2D eigenvalue weighted by molar-refractivity contribution is 7.92. The number of nitrogens with zero attached hydrogens (tertiary/aromatic N) is 2. The van der Waals surface area contributed by atoms with Gasteiger partial charge in [0.1, 0.15) is 18.4 Å². The minimum Gasteiger partial charge on any atom is -0.357 e. The second kappa shape index (κ2) is 12.1. The van der Waals surface area contributed by atoms with Crippen molar-refractivity contribution in [3.05, 3.63) is 93.2 Å². The first-order chi connectivity index (χ1) is 17.4. The summed E-state index contributed by atoms with van der Waals surface area (Å²) in [5, 5.41) is 2.83. The molecule has 0 saturated carbocycles. The van der Waals surface area contributed by atoms with Crippen molar-refractivity contribution < 1.29 is 22.4 Å². The summed E-state index contributed by atoms with van der Waals surface area (Å²) >= 11 is 18.2. The molecule has 3 aromatic carbocycles. The van der Waals surface area contributed by atoms with Crippen LogP contribution < -0.4 is 9.62 Å². The van der Waals surface area contributed by atoms with E-state index in [0.29, 0.717) is 10.6 Å². The van der Waals surface area contributed by atoms with Crippen molar-refractivity contribution >= 4 is 62.3 Å². The van der Waals surface area contributed by atoms with E-state index in [4.69, 9.17) is 34.8 Å². The van der Waals surface area contributed by atoms with Crippen LogP contribution in [0.1, 0.15) is 12.5 Å². The molecule has 0 bridgehead atoms. The topological polar surface area (TPSA) is 86.8 Å². The lowest BCUT2D eigenvalue weighted by atomic mass is 10.1. The van der Waals surface area contributed by atoms with E-state index in [1.165, 1.54) is 55.3 Å². The number of carbonyl (C=O) groups is 2. The van der Waals surface area contributed by atoms with Crippen molar-refractivity contribution in [2.45, 2.75) is 24.4 Å². The average molecular weight is 587 g/mol. The van der Waals surface area contributed by atoms with E-state index < -0.39 is 40.2 Å². The normalized spacial score (nSPS) is 12.1. The van der Waals surface area contributed by atoms with Gasteiger partial charge in [-0.25, -0.2) is 12.8 Å². The van der Waals surface area contributed by atoms with Gasteiger partial charge >= 0.3 is 0 Å². The second-order valence-corrected chi connectivity index (χ2v) is 11.1. The van der Waals surface area contributed by atoms with Gasteiger partial charge in [0, 0.05) is 23.6 Å². The zero-order valence-electron chi connectivity index (χ0n) is 19.8. The summed E-state index contributed by atoms with van der Waals surface area (Å²) in [5.41, 5.74) is 0.470. The number of anilines is 1. The molecule has 0 aromatic heterocycles. The van der Waals surface area contributed by atoms with Crippen LogP contribution in [0.5, 0.6) is 0 Å². The van der Waals surface area contributed by atoms with Crippen molar-refractivity contribution in [2.75, 3.05) is 17.9 Å². The van der Waals surface area contributed by atoms with E-state index in [0.717, 1.165) is 16.4 Å². The Labute approximate surface area is 229 Å². The summed E-state index contributed by atoms with van der Waals surface area (Å²) in [6.07, 6.45) is 0. The SMILES string of the molecule is CNC(=O)C(C)N(Cc1ccc(Cl)cc1Cl)C(=O)CN(c1ccc(F)c(Cl)c1)S(=O)(=O)c1ccccc1. The van der Waals surface area contributed by atoms with Crippen molar-refractivity contribution in [1.29, 1.82) is 0 Å². The standard InChI is InChI=1S/C25H23Cl3FN3O4S/c1-16(25(34)30-2)31(14-17-8-9-18(26)12-21(17)27)24(33)15-32(19-10-11-23(29)22(28)13-19)37(35,36)20-6-4-3-5-7-20/h3-13,16H,14-15H2,1-2H3,(H,30,34). The third-order valence-electron chi connectivity index (χ3n) is 5.57. The van der Waals surface area contributed by atoms with Crippen LogP contribution in [0.2, 0.25) is 15.1 Å². The molecule has 37 heavy (non-hydrogen) atoms. The minimum atomic E-state index is -4.29. The predicted octanol–water partition coefficient (Wildman–Crippen LogP) is 5.14. The van der Waals surface area contributed by atoms with E-state index in [1.807, 2.05) is 0 Å². The van der Waals surface area contributed by atoms with Crippen molar-refractivity contribution in [2.24, 2.45) is 0 Å². The highest BCUT2D eigenvalue weighted by atomic mass is 35.5. The molecule has 3 rings (SSSR count). The zero-order chi connectivity index (χ0) is 27.3. The molecular weight excluding hydrogens is 564 g/mol. The fourth-order valence-electron chi connectivity index (χ4n) is 3.51. The maximum Gasteiger partial charge on any atom is 0.264 e. The van der Waals surface area contributed by atoms with Gasteiger partial charge in [0.05, 0.1) is 15.6 Å². The first-order valence-corrected chi connectivity index (χ1v) is 13.5. The molecule has 3 aromatic rings. The lowest BCUT2D eigenvalue weighted by Gasteiger charge is -2.32. The third kappa shape index (κ3) is 6.73. The van der Waals surface area contributed by atoms with Gasteiger partial charge in [-0.1, -0.05) is 59.1 Å².